The van der Waals surface area contributed by atoms with Crippen LogP contribution in [-0.4, -0.2) is 5.60 Å². The minimum atomic E-state index is -0.399. The number of hydrogen-bond donors (Lipinski definition) is 1. The van der Waals surface area contributed by atoms with Crippen molar-refractivity contribution in [2.24, 2.45) is 0 Å². The third-order valence-electron chi connectivity index (χ3n) is 1.67. The van der Waals surface area contributed by atoms with E-state index in [4.69, 9.17) is 16.4 Å². The lowest BCUT2D eigenvalue weighted by Crippen LogP contribution is -2.29. The molecule has 0 aromatic heterocycles. The predicted molar refractivity (Wildman–Crippen MR) is 59.1 cm³/mol. The van der Waals surface area contributed by atoms with Crippen molar-refractivity contribution in [3.8, 4) is 0 Å². The first kappa shape index (κ1) is 12.4. The van der Waals surface area contributed by atoms with Crippen LogP contribution < -0.4 is 5.48 Å². The maximum absolute atomic E-state index is 13.4. The Morgan fingerprint density at radius 1 is 1.40 bits per heavy atom. The molecular formula is C11H15ClFNO. The minimum Gasteiger partial charge on any atom is -0.296 e. The Morgan fingerprint density at radius 2 is 2.07 bits per heavy atom. The van der Waals surface area contributed by atoms with Gasteiger partial charge in [0.1, 0.15) is 5.82 Å². The lowest BCUT2D eigenvalue weighted by Gasteiger charge is -2.19. The fourth-order valence-corrected chi connectivity index (χ4v) is 1.21. The Balaban J connectivity index is 2.55. The van der Waals surface area contributed by atoms with Crippen molar-refractivity contribution < 1.29 is 9.23 Å². The Kier molecular flexibility index (Phi) is 4.08. The molecule has 0 heterocycles. The van der Waals surface area contributed by atoms with Gasteiger partial charge in [0.25, 0.3) is 0 Å². The second kappa shape index (κ2) is 4.92. The van der Waals surface area contributed by atoms with Crippen molar-refractivity contribution in [1.29, 1.82) is 0 Å². The molecule has 0 saturated carbocycles. The fraction of sp³-hybridized carbons (Fsp3) is 0.455. The molecule has 0 bridgehead atoms. The van der Waals surface area contributed by atoms with E-state index in [1.165, 1.54) is 6.07 Å². The second-order valence-corrected chi connectivity index (χ2v) is 4.66. The van der Waals surface area contributed by atoms with Crippen LogP contribution in [0.3, 0.4) is 0 Å². The first-order valence-corrected chi connectivity index (χ1v) is 5.12. The molecule has 0 radical (unpaired) electrons. The van der Waals surface area contributed by atoms with Crippen LogP contribution in [0.1, 0.15) is 26.3 Å². The summed E-state index contributed by atoms with van der Waals surface area (Å²) in [6, 6.07) is 4.89. The number of nitrogens with one attached hydrogen (secondary N) is 1. The molecule has 0 aliphatic rings. The van der Waals surface area contributed by atoms with E-state index >= 15 is 0 Å². The van der Waals surface area contributed by atoms with Gasteiger partial charge in [0.15, 0.2) is 0 Å². The van der Waals surface area contributed by atoms with E-state index in [9.17, 15) is 4.39 Å². The highest BCUT2D eigenvalue weighted by Gasteiger charge is 2.11. The smallest absolute Gasteiger partial charge is 0.146 e. The summed E-state index contributed by atoms with van der Waals surface area (Å²) >= 11 is 5.64. The molecule has 0 fully saturated rings. The van der Waals surface area contributed by atoms with E-state index in [2.05, 4.69) is 5.48 Å². The van der Waals surface area contributed by atoms with Gasteiger partial charge in [0.2, 0.25) is 0 Å². The Labute approximate surface area is 94.3 Å². The molecule has 1 aromatic carbocycles. The highest BCUT2D eigenvalue weighted by molar-refractivity contribution is 6.30. The van der Waals surface area contributed by atoms with Crippen LogP contribution in [0, 0.1) is 5.82 Å². The lowest BCUT2D eigenvalue weighted by molar-refractivity contribution is -0.0760. The fourth-order valence-electron chi connectivity index (χ4n) is 1.02. The summed E-state index contributed by atoms with van der Waals surface area (Å²) in [6.45, 7) is 6.03. The SMILES string of the molecule is CC(C)(C)ONCc1cccc(Cl)c1F. The van der Waals surface area contributed by atoms with Crippen LogP contribution in [-0.2, 0) is 11.4 Å². The number of halogens is 2. The summed E-state index contributed by atoms with van der Waals surface area (Å²) in [5.41, 5.74) is 2.91. The molecule has 0 aliphatic heterocycles. The van der Waals surface area contributed by atoms with Crippen LogP contribution >= 0.6 is 11.6 Å². The zero-order valence-electron chi connectivity index (χ0n) is 9.10. The summed E-state index contributed by atoms with van der Waals surface area (Å²) < 4.78 is 13.4. The maximum atomic E-state index is 13.4. The van der Waals surface area contributed by atoms with Crippen LogP contribution in [0.25, 0.3) is 0 Å². The molecule has 0 amide bonds. The zero-order chi connectivity index (χ0) is 11.5. The molecule has 4 heteroatoms. The van der Waals surface area contributed by atoms with Crippen molar-refractivity contribution in [3.05, 3.63) is 34.6 Å². The first-order valence-electron chi connectivity index (χ1n) is 4.74. The van der Waals surface area contributed by atoms with E-state index in [1.807, 2.05) is 20.8 Å². The van der Waals surface area contributed by atoms with Gasteiger partial charge < -0.3 is 0 Å². The molecule has 84 valence electrons. The maximum Gasteiger partial charge on any atom is 0.146 e. The number of benzene rings is 1. The van der Waals surface area contributed by atoms with Crippen molar-refractivity contribution in [1.82, 2.24) is 5.48 Å². The monoisotopic (exact) mass is 231 g/mol. The van der Waals surface area contributed by atoms with Crippen molar-refractivity contribution in [2.45, 2.75) is 32.9 Å². The molecule has 0 aliphatic carbocycles. The highest BCUT2D eigenvalue weighted by Crippen LogP contribution is 2.17. The summed E-state index contributed by atoms with van der Waals surface area (Å²) in [5, 5.41) is 0.130. The average molecular weight is 232 g/mol. The second-order valence-electron chi connectivity index (χ2n) is 4.25. The molecule has 0 spiro atoms. The van der Waals surface area contributed by atoms with Gasteiger partial charge in [0, 0.05) is 12.1 Å². The zero-order valence-corrected chi connectivity index (χ0v) is 9.86. The normalized spacial score (nSPS) is 11.8. The van der Waals surface area contributed by atoms with Crippen molar-refractivity contribution in [2.75, 3.05) is 0 Å². The summed E-state index contributed by atoms with van der Waals surface area (Å²) in [6.07, 6.45) is 0. The Hall–Kier alpha value is -0.640. The van der Waals surface area contributed by atoms with Crippen LogP contribution in [0.2, 0.25) is 5.02 Å². The summed E-state index contributed by atoms with van der Waals surface area (Å²) in [7, 11) is 0. The minimum absolute atomic E-state index is 0.130. The number of hydrogen-bond acceptors (Lipinski definition) is 2. The lowest BCUT2D eigenvalue weighted by atomic mass is 10.2. The van der Waals surface area contributed by atoms with E-state index in [1.54, 1.807) is 12.1 Å². The topological polar surface area (TPSA) is 21.3 Å². The standard InChI is InChI=1S/C11H15ClFNO/c1-11(2,3)15-14-7-8-5-4-6-9(12)10(8)13/h4-6,14H,7H2,1-3H3. The van der Waals surface area contributed by atoms with Gasteiger partial charge >= 0.3 is 0 Å². The molecule has 15 heavy (non-hydrogen) atoms. The molecule has 2 nitrogen and oxygen atoms in total. The van der Waals surface area contributed by atoms with Gasteiger partial charge in [-0.2, -0.15) is 5.48 Å². The van der Waals surface area contributed by atoms with Crippen molar-refractivity contribution >= 4 is 11.6 Å². The highest BCUT2D eigenvalue weighted by atomic mass is 35.5. The molecule has 0 saturated heterocycles. The largest absolute Gasteiger partial charge is 0.296 e. The van der Waals surface area contributed by atoms with Crippen LogP contribution in [0.15, 0.2) is 18.2 Å². The van der Waals surface area contributed by atoms with Crippen LogP contribution in [0.5, 0.6) is 0 Å². The molecule has 0 unspecified atom stereocenters. The molecule has 1 N–H and O–H groups in total. The van der Waals surface area contributed by atoms with E-state index in [0.717, 1.165) is 0 Å². The van der Waals surface area contributed by atoms with Gasteiger partial charge in [0.05, 0.1) is 10.6 Å². The van der Waals surface area contributed by atoms with Crippen molar-refractivity contribution in [3.63, 3.8) is 0 Å². The third kappa shape index (κ3) is 4.16. The third-order valence-corrected chi connectivity index (χ3v) is 1.96. The molecular weight excluding hydrogens is 217 g/mol. The number of hydroxylamine groups is 1. The predicted octanol–water partition coefficient (Wildman–Crippen LogP) is 3.30. The Bertz CT molecular complexity index is 336. The number of rotatable bonds is 3. The van der Waals surface area contributed by atoms with Gasteiger partial charge in [-0.15, -0.1) is 0 Å². The molecule has 1 aromatic rings. The van der Waals surface area contributed by atoms with E-state index in [-0.39, 0.29) is 10.6 Å². The molecule has 1 rings (SSSR count). The van der Waals surface area contributed by atoms with E-state index < -0.39 is 5.82 Å². The van der Waals surface area contributed by atoms with Gasteiger partial charge in [-0.05, 0) is 26.8 Å². The quantitative estimate of drug-likeness (QED) is 0.806. The average Bonchev–Trinajstić information content (AvgIpc) is 2.10. The van der Waals surface area contributed by atoms with Gasteiger partial charge in [-0.3, -0.25) is 4.84 Å². The summed E-state index contributed by atoms with van der Waals surface area (Å²) in [5.74, 6) is -0.399. The van der Waals surface area contributed by atoms with Gasteiger partial charge in [-0.25, -0.2) is 4.39 Å². The van der Waals surface area contributed by atoms with E-state index in [0.29, 0.717) is 12.1 Å². The van der Waals surface area contributed by atoms with Crippen LogP contribution in [0.4, 0.5) is 4.39 Å². The first-order chi connectivity index (χ1) is 6.90. The molecule has 0 atom stereocenters. The Morgan fingerprint density at radius 3 is 2.67 bits per heavy atom. The van der Waals surface area contributed by atoms with Gasteiger partial charge in [-0.1, -0.05) is 23.7 Å². The summed E-state index contributed by atoms with van der Waals surface area (Å²) in [4.78, 5) is 5.27.